The smallest absolute Gasteiger partial charge is 0.228 e. The van der Waals surface area contributed by atoms with Gasteiger partial charge in [0.2, 0.25) is 12.2 Å². The van der Waals surface area contributed by atoms with Gasteiger partial charge in [0.15, 0.2) is 0 Å². The minimum absolute atomic E-state index is 0.0293. The van der Waals surface area contributed by atoms with Gasteiger partial charge in [0.05, 0.1) is 6.42 Å². The Kier molecular flexibility index (Phi) is 4.56. The maximum atomic E-state index is 11.3. The zero-order valence-corrected chi connectivity index (χ0v) is 11.2. The number of hydrogen-bond acceptors (Lipinski definition) is 3. The van der Waals surface area contributed by atoms with Crippen LogP contribution in [-0.4, -0.2) is 25.4 Å². The number of anilines is 1. The molecule has 4 heteroatoms. The Bertz CT molecular complexity index is 522. The van der Waals surface area contributed by atoms with Crippen LogP contribution in [0.15, 0.2) is 18.2 Å². The summed E-state index contributed by atoms with van der Waals surface area (Å²) in [7, 11) is 0. The molecule has 19 heavy (non-hydrogen) atoms. The summed E-state index contributed by atoms with van der Waals surface area (Å²) < 4.78 is 10.7. The summed E-state index contributed by atoms with van der Waals surface area (Å²) in [5.41, 5.74) is 2.72. The Balaban J connectivity index is 2.11. The molecule has 1 N–H and O–H groups in total. The number of fused-ring (bicyclic) bond motifs is 1. The standard InChI is InChI=1S/C15H17NO3/c1-3-18-15(19-4-2)8-6-11-5-7-13-12(9-11)10-14(17)16-13/h5,7,9,15H,3-4,10H2,1-2H3,(H,16,17). The number of benzene rings is 1. The number of hydrogen-bond donors (Lipinski definition) is 1. The van der Waals surface area contributed by atoms with Crippen LogP contribution in [-0.2, 0) is 20.7 Å². The van der Waals surface area contributed by atoms with Crippen LogP contribution in [0.1, 0.15) is 25.0 Å². The highest BCUT2D eigenvalue weighted by molar-refractivity contribution is 5.99. The molecule has 4 nitrogen and oxygen atoms in total. The molecule has 1 aromatic rings. The second kappa shape index (κ2) is 6.37. The van der Waals surface area contributed by atoms with E-state index in [0.717, 1.165) is 16.8 Å². The van der Waals surface area contributed by atoms with Gasteiger partial charge in [-0.15, -0.1) is 0 Å². The van der Waals surface area contributed by atoms with E-state index in [9.17, 15) is 4.79 Å². The number of carbonyl (C=O) groups is 1. The van der Waals surface area contributed by atoms with Gasteiger partial charge in [-0.05, 0) is 43.5 Å². The lowest BCUT2D eigenvalue weighted by molar-refractivity contribution is -0.115. The molecule has 1 amide bonds. The molecule has 0 spiro atoms. The first-order valence-corrected chi connectivity index (χ1v) is 6.40. The van der Waals surface area contributed by atoms with Crippen molar-refractivity contribution < 1.29 is 14.3 Å². The predicted molar refractivity (Wildman–Crippen MR) is 72.7 cm³/mol. The zero-order valence-electron chi connectivity index (χ0n) is 11.2. The van der Waals surface area contributed by atoms with Gasteiger partial charge in [0.1, 0.15) is 0 Å². The topological polar surface area (TPSA) is 47.6 Å². The molecular formula is C15H17NO3. The quantitative estimate of drug-likeness (QED) is 0.664. The fraction of sp³-hybridized carbons (Fsp3) is 0.400. The molecule has 1 aliphatic heterocycles. The summed E-state index contributed by atoms with van der Waals surface area (Å²) in [6.07, 6.45) is -0.0754. The molecule has 0 bridgehead atoms. The van der Waals surface area contributed by atoms with Gasteiger partial charge >= 0.3 is 0 Å². The van der Waals surface area contributed by atoms with Crippen molar-refractivity contribution in [2.24, 2.45) is 0 Å². The summed E-state index contributed by atoms with van der Waals surface area (Å²) in [4.78, 5) is 11.3. The maximum Gasteiger partial charge on any atom is 0.228 e. The van der Waals surface area contributed by atoms with Crippen LogP contribution in [0.4, 0.5) is 5.69 Å². The van der Waals surface area contributed by atoms with Crippen LogP contribution in [0.25, 0.3) is 0 Å². The SMILES string of the molecule is CCOC(C#Cc1ccc2c(c1)CC(=O)N2)OCC. The van der Waals surface area contributed by atoms with Crippen molar-refractivity contribution in [3.05, 3.63) is 29.3 Å². The first-order valence-electron chi connectivity index (χ1n) is 6.40. The predicted octanol–water partition coefficient (Wildman–Crippen LogP) is 1.93. The lowest BCUT2D eigenvalue weighted by Crippen LogP contribution is -2.14. The fourth-order valence-corrected chi connectivity index (χ4v) is 1.88. The second-order valence-electron chi connectivity index (χ2n) is 4.11. The monoisotopic (exact) mass is 259 g/mol. The lowest BCUT2D eigenvalue weighted by atomic mass is 10.1. The summed E-state index contributed by atoms with van der Waals surface area (Å²) in [5.74, 6) is 5.99. The van der Waals surface area contributed by atoms with E-state index in [-0.39, 0.29) is 5.91 Å². The lowest BCUT2D eigenvalue weighted by Gasteiger charge is -2.09. The number of amides is 1. The Morgan fingerprint density at radius 1 is 1.32 bits per heavy atom. The first kappa shape index (κ1) is 13.6. The Labute approximate surface area is 113 Å². The summed E-state index contributed by atoms with van der Waals surface area (Å²) in [5, 5.41) is 2.79. The maximum absolute atomic E-state index is 11.3. The highest BCUT2D eigenvalue weighted by Gasteiger charge is 2.16. The normalized spacial score (nSPS) is 12.9. The molecule has 0 saturated carbocycles. The van der Waals surface area contributed by atoms with Crippen LogP contribution in [0.2, 0.25) is 0 Å². The first-order chi connectivity index (χ1) is 9.22. The molecule has 0 aromatic heterocycles. The minimum atomic E-state index is -0.497. The Hall–Kier alpha value is -1.83. The molecule has 0 atom stereocenters. The minimum Gasteiger partial charge on any atom is -0.342 e. The van der Waals surface area contributed by atoms with E-state index in [1.807, 2.05) is 32.0 Å². The van der Waals surface area contributed by atoms with Gasteiger partial charge < -0.3 is 14.8 Å². The molecule has 1 heterocycles. The number of rotatable bonds is 4. The van der Waals surface area contributed by atoms with E-state index in [1.54, 1.807) is 0 Å². The van der Waals surface area contributed by atoms with Gasteiger partial charge in [0, 0.05) is 24.5 Å². The third-order valence-corrected chi connectivity index (χ3v) is 2.70. The molecule has 1 aromatic carbocycles. The van der Waals surface area contributed by atoms with Gasteiger partial charge in [-0.25, -0.2) is 0 Å². The highest BCUT2D eigenvalue weighted by Crippen LogP contribution is 2.23. The highest BCUT2D eigenvalue weighted by atomic mass is 16.7. The molecular weight excluding hydrogens is 242 g/mol. The number of ether oxygens (including phenoxy) is 2. The zero-order chi connectivity index (χ0) is 13.7. The van der Waals surface area contributed by atoms with E-state index in [0.29, 0.717) is 19.6 Å². The molecule has 0 saturated heterocycles. The van der Waals surface area contributed by atoms with Crippen LogP contribution >= 0.6 is 0 Å². The van der Waals surface area contributed by atoms with Gasteiger partial charge in [-0.2, -0.15) is 0 Å². The van der Waals surface area contributed by atoms with Crippen molar-refractivity contribution >= 4 is 11.6 Å². The van der Waals surface area contributed by atoms with Crippen molar-refractivity contribution in [3.63, 3.8) is 0 Å². The Morgan fingerprint density at radius 2 is 2.05 bits per heavy atom. The van der Waals surface area contributed by atoms with E-state index >= 15 is 0 Å². The number of nitrogens with one attached hydrogen (secondary N) is 1. The molecule has 0 unspecified atom stereocenters. The van der Waals surface area contributed by atoms with Crippen molar-refractivity contribution in [2.75, 3.05) is 18.5 Å². The molecule has 2 rings (SSSR count). The third kappa shape index (κ3) is 3.57. The van der Waals surface area contributed by atoms with Gasteiger partial charge in [0.25, 0.3) is 0 Å². The van der Waals surface area contributed by atoms with Crippen LogP contribution < -0.4 is 5.32 Å². The van der Waals surface area contributed by atoms with Crippen molar-refractivity contribution in [2.45, 2.75) is 26.6 Å². The van der Waals surface area contributed by atoms with Crippen LogP contribution in [0.3, 0.4) is 0 Å². The third-order valence-electron chi connectivity index (χ3n) is 2.70. The van der Waals surface area contributed by atoms with Crippen LogP contribution in [0, 0.1) is 11.8 Å². The largest absolute Gasteiger partial charge is 0.342 e. The van der Waals surface area contributed by atoms with E-state index in [2.05, 4.69) is 17.2 Å². The average Bonchev–Trinajstić information content (AvgIpc) is 2.75. The Morgan fingerprint density at radius 3 is 2.74 bits per heavy atom. The summed E-state index contributed by atoms with van der Waals surface area (Å²) in [6.45, 7) is 4.92. The molecule has 0 radical (unpaired) electrons. The van der Waals surface area contributed by atoms with Gasteiger partial charge in [-0.1, -0.05) is 5.92 Å². The average molecular weight is 259 g/mol. The molecule has 0 aliphatic carbocycles. The van der Waals surface area contributed by atoms with Crippen LogP contribution in [0.5, 0.6) is 0 Å². The van der Waals surface area contributed by atoms with Crippen molar-refractivity contribution in [1.82, 2.24) is 0 Å². The van der Waals surface area contributed by atoms with E-state index in [1.165, 1.54) is 0 Å². The van der Waals surface area contributed by atoms with Crippen molar-refractivity contribution in [1.29, 1.82) is 0 Å². The summed E-state index contributed by atoms with van der Waals surface area (Å²) >= 11 is 0. The van der Waals surface area contributed by atoms with Crippen molar-refractivity contribution in [3.8, 4) is 11.8 Å². The molecule has 0 fully saturated rings. The van der Waals surface area contributed by atoms with Gasteiger partial charge in [-0.3, -0.25) is 4.79 Å². The van der Waals surface area contributed by atoms with E-state index in [4.69, 9.17) is 9.47 Å². The molecule has 1 aliphatic rings. The molecule has 100 valence electrons. The second-order valence-corrected chi connectivity index (χ2v) is 4.11. The van der Waals surface area contributed by atoms with E-state index < -0.39 is 6.29 Å². The summed E-state index contributed by atoms with van der Waals surface area (Å²) in [6, 6.07) is 5.68. The number of carbonyl (C=O) groups excluding carboxylic acids is 1. The fourth-order valence-electron chi connectivity index (χ4n) is 1.88.